The van der Waals surface area contributed by atoms with E-state index in [9.17, 15) is 22.8 Å². The van der Waals surface area contributed by atoms with Gasteiger partial charge in [-0.15, -0.1) is 11.8 Å². The molecule has 1 saturated heterocycles. The van der Waals surface area contributed by atoms with Crippen molar-refractivity contribution in [1.82, 2.24) is 4.90 Å². The first-order valence-corrected chi connectivity index (χ1v) is 11.4. The highest BCUT2D eigenvalue weighted by Crippen LogP contribution is 2.38. The highest BCUT2D eigenvalue weighted by molar-refractivity contribution is 8.00. The number of hydrogen-bond acceptors (Lipinski definition) is 3. The molecule has 1 aliphatic rings. The number of alkyl halides is 3. The molecular weight excluding hydrogens is 449 g/mol. The van der Waals surface area contributed by atoms with Crippen molar-refractivity contribution in [1.29, 1.82) is 0 Å². The lowest BCUT2D eigenvalue weighted by Gasteiger charge is -2.24. The standard InChI is InChI=1S/C25H21F3N2O2S/c26-25(27,28)20-10-12-21(13-11-20)29-23(32)18-6-8-19(9-7-18)24-30(22(31)16-33-24)15-14-17-4-2-1-3-5-17/h1-13,24H,14-16H2,(H,29,32)/t24-/m1/s1. The maximum absolute atomic E-state index is 12.7. The van der Waals surface area contributed by atoms with E-state index in [4.69, 9.17) is 0 Å². The lowest BCUT2D eigenvalue weighted by Crippen LogP contribution is -2.30. The van der Waals surface area contributed by atoms with Crippen LogP contribution in [0.15, 0.2) is 78.9 Å². The molecule has 170 valence electrons. The minimum Gasteiger partial charge on any atom is -0.326 e. The summed E-state index contributed by atoms with van der Waals surface area (Å²) in [4.78, 5) is 26.8. The molecule has 4 rings (SSSR count). The van der Waals surface area contributed by atoms with E-state index in [1.807, 2.05) is 47.4 Å². The number of nitrogens with one attached hydrogen (secondary N) is 1. The molecule has 3 aromatic rings. The van der Waals surface area contributed by atoms with Crippen molar-refractivity contribution in [3.8, 4) is 0 Å². The van der Waals surface area contributed by atoms with E-state index in [1.165, 1.54) is 12.1 Å². The molecular formula is C25H21F3N2O2S. The first-order chi connectivity index (χ1) is 15.8. The van der Waals surface area contributed by atoms with Crippen LogP contribution in [0, 0.1) is 0 Å². The number of carbonyl (C=O) groups excluding carboxylic acids is 2. The van der Waals surface area contributed by atoms with Gasteiger partial charge >= 0.3 is 6.18 Å². The fourth-order valence-corrected chi connectivity index (χ4v) is 4.83. The number of nitrogens with zero attached hydrogens (tertiary/aromatic N) is 1. The minimum absolute atomic E-state index is 0.0880. The van der Waals surface area contributed by atoms with Crippen LogP contribution in [0.4, 0.5) is 18.9 Å². The molecule has 0 aliphatic carbocycles. The quantitative estimate of drug-likeness (QED) is 0.497. The molecule has 0 saturated carbocycles. The van der Waals surface area contributed by atoms with Crippen molar-refractivity contribution in [2.45, 2.75) is 18.0 Å². The first kappa shape index (κ1) is 22.9. The number of benzene rings is 3. The molecule has 33 heavy (non-hydrogen) atoms. The zero-order chi connectivity index (χ0) is 23.4. The molecule has 0 unspecified atom stereocenters. The van der Waals surface area contributed by atoms with Crippen LogP contribution >= 0.6 is 11.8 Å². The number of halogens is 3. The SMILES string of the molecule is O=C(Nc1ccc(C(F)(F)F)cc1)c1ccc([C@H]2SCC(=O)N2CCc2ccccc2)cc1. The Hall–Kier alpha value is -3.26. The van der Waals surface area contributed by atoms with Gasteiger partial charge in [0.2, 0.25) is 5.91 Å². The maximum atomic E-state index is 12.7. The van der Waals surface area contributed by atoms with E-state index in [1.54, 1.807) is 23.9 Å². The Kier molecular flexibility index (Phi) is 6.74. The molecule has 1 atom stereocenters. The number of thioether (sulfide) groups is 1. The molecule has 0 aromatic heterocycles. The Morgan fingerprint density at radius 3 is 2.27 bits per heavy atom. The highest BCUT2D eigenvalue weighted by atomic mass is 32.2. The van der Waals surface area contributed by atoms with Gasteiger partial charge in [0.15, 0.2) is 0 Å². The second-order valence-electron chi connectivity index (χ2n) is 7.64. The molecule has 0 spiro atoms. The summed E-state index contributed by atoms with van der Waals surface area (Å²) >= 11 is 1.55. The first-order valence-electron chi connectivity index (χ1n) is 10.3. The van der Waals surface area contributed by atoms with Gasteiger partial charge in [-0.3, -0.25) is 9.59 Å². The summed E-state index contributed by atoms with van der Waals surface area (Å²) in [6.07, 6.45) is -3.66. The van der Waals surface area contributed by atoms with E-state index in [0.29, 0.717) is 17.9 Å². The predicted molar refractivity (Wildman–Crippen MR) is 123 cm³/mol. The smallest absolute Gasteiger partial charge is 0.326 e. The third-order valence-electron chi connectivity index (χ3n) is 5.38. The van der Waals surface area contributed by atoms with Crippen molar-refractivity contribution in [3.05, 3.63) is 101 Å². The van der Waals surface area contributed by atoms with Crippen LogP contribution in [0.25, 0.3) is 0 Å². The summed E-state index contributed by atoms with van der Waals surface area (Å²) in [6, 6.07) is 21.2. The normalized spacial score (nSPS) is 16.2. The summed E-state index contributed by atoms with van der Waals surface area (Å²) < 4.78 is 38.1. The summed E-state index contributed by atoms with van der Waals surface area (Å²) in [7, 11) is 0. The van der Waals surface area contributed by atoms with Crippen LogP contribution in [-0.2, 0) is 17.4 Å². The van der Waals surface area contributed by atoms with Crippen LogP contribution in [-0.4, -0.2) is 29.0 Å². The summed E-state index contributed by atoms with van der Waals surface area (Å²) in [5, 5.41) is 2.49. The summed E-state index contributed by atoms with van der Waals surface area (Å²) in [5.74, 6) is 0.0812. The average Bonchev–Trinajstić information content (AvgIpc) is 3.18. The van der Waals surface area contributed by atoms with Crippen LogP contribution in [0.2, 0.25) is 0 Å². The third-order valence-corrected chi connectivity index (χ3v) is 6.64. The molecule has 8 heteroatoms. The van der Waals surface area contributed by atoms with Crippen molar-refractivity contribution in [2.24, 2.45) is 0 Å². The van der Waals surface area contributed by atoms with Gasteiger partial charge in [0.25, 0.3) is 5.91 Å². The van der Waals surface area contributed by atoms with Crippen LogP contribution in [0.5, 0.6) is 0 Å². The van der Waals surface area contributed by atoms with Gasteiger partial charge in [0, 0.05) is 17.8 Å². The summed E-state index contributed by atoms with van der Waals surface area (Å²) in [6.45, 7) is 0.608. The number of anilines is 1. The molecule has 0 bridgehead atoms. The Balaban J connectivity index is 1.40. The van der Waals surface area contributed by atoms with E-state index >= 15 is 0 Å². The lowest BCUT2D eigenvalue weighted by molar-refractivity contribution is -0.137. The van der Waals surface area contributed by atoms with E-state index in [2.05, 4.69) is 5.32 Å². The Bertz CT molecular complexity index is 1120. The average molecular weight is 471 g/mol. The van der Waals surface area contributed by atoms with Gasteiger partial charge in [-0.25, -0.2) is 0 Å². The maximum Gasteiger partial charge on any atom is 0.416 e. The van der Waals surface area contributed by atoms with Crippen molar-refractivity contribution in [2.75, 3.05) is 17.6 Å². The van der Waals surface area contributed by atoms with Gasteiger partial charge in [0.05, 0.1) is 11.3 Å². The highest BCUT2D eigenvalue weighted by Gasteiger charge is 2.32. The minimum atomic E-state index is -4.42. The topological polar surface area (TPSA) is 49.4 Å². The Labute approximate surface area is 193 Å². The molecule has 1 heterocycles. The van der Waals surface area contributed by atoms with Crippen molar-refractivity contribution < 1.29 is 22.8 Å². The monoisotopic (exact) mass is 470 g/mol. The molecule has 1 N–H and O–H groups in total. The van der Waals surface area contributed by atoms with E-state index in [0.717, 1.165) is 29.7 Å². The van der Waals surface area contributed by atoms with Crippen LogP contribution in [0.1, 0.15) is 32.4 Å². The van der Waals surface area contributed by atoms with Gasteiger partial charge < -0.3 is 10.2 Å². The zero-order valence-electron chi connectivity index (χ0n) is 17.5. The second kappa shape index (κ2) is 9.70. The number of hydrogen-bond donors (Lipinski definition) is 1. The van der Waals surface area contributed by atoms with Crippen molar-refractivity contribution >= 4 is 29.3 Å². The van der Waals surface area contributed by atoms with Gasteiger partial charge in [-0.1, -0.05) is 42.5 Å². The number of amides is 2. The van der Waals surface area contributed by atoms with Crippen LogP contribution < -0.4 is 5.32 Å². The van der Waals surface area contributed by atoms with Gasteiger partial charge in [0.1, 0.15) is 5.37 Å². The molecule has 3 aromatic carbocycles. The van der Waals surface area contributed by atoms with Crippen LogP contribution in [0.3, 0.4) is 0 Å². The van der Waals surface area contributed by atoms with Crippen molar-refractivity contribution in [3.63, 3.8) is 0 Å². The fraction of sp³-hybridized carbons (Fsp3) is 0.200. The molecule has 1 fully saturated rings. The largest absolute Gasteiger partial charge is 0.416 e. The zero-order valence-corrected chi connectivity index (χ0v) is 18.3. The van der Waals surface area contributed by atoms with Gasteiger partial charge in [-0.05, 0) is 53.9 Å². The lowest BCUT2D eigenvalue weighted by atomic mass is 10.1. The van der Waals surface area contributed by atoms with Gasteiger partial charge in [-0.2, -0.15) is 13.2 Å². The summed E-state index contributed by atoms with van der Waals surface area (Å²) in [5.41, 5.74) is 1.97. The Morgan fingerprint density at radius 2 is 1.64 bits per heavy atom. The second-order valence-corrected chi connectivity index (χ2v) is 8.71. The Morgan fingerprint density at radius 1 is 0.970 bits per heavy atom. The number of carbonyl (C=O) groups is 2. The third kappa shape index (κ3) is 5.57. The molecule has 4 nitrogen and oxygen atoms in total. The molecule has 0 radical (unpaired) electrons. The molecule has 2 amide bonds. The van der Waals surface area contributed by atoms with E-state index in [-0.39, 0.29) is 17.0 Å². The predicted octanol–water partition coefficient (Wildman–Crippen LogP) is 5.77. The fourth-order valence-electron chi connectivity index (χ4n) is 3.61. The number of rotatable bonds is 6. The molecule has 1 aliphatic heterocycles. The van der Waals surface area contributed by atoms with E-state index < -0.39 is 17.6 Å².